The molecule has 1 N–H and O–H groups in total. The second-order valence-corrected chi connectivity index (χ2v) is 4.72. The van der Waals surface area contributed by atoms with Crippen LogP contribution in [0.25, 0.3) is 33.5 Å². The van der Waals surface area contributed by atoms with Gasteiger partial charge >= 0.3 is 0 Å². The highest BCUT2D eigenvalue weighted by molar-refractivity contribution is 5.94. The summed E-state index contributed by atoms with van der Waals surface area (Å²) in [5.41, 5.74) is 3.47. The Morgan fingerprint density at radius 1 is 0.952 bits per heavy atom. The molecule has 0 amide bonds. The molecule has 102 valence electrons. The molecular weight excluding hydrogens is 269 g/mol. The molecule has 0 radical (unpaired) electrons. The van der Waals surface area contributed by atoms with Gasteiger partial charge in [0.1, 0.15) is 11.3 Å². The first-order valence-electron chi connectivity index (χ1n) is 6.46. The standard InChI is InChI=1S/C16H10FN3O/c17-12-4-1-10(2-5-12)16-13-9-11(14-7-8-18-19-14)3-6-15(13)20-21-16/h1-9H,(H,18,19). The van der Waals surface area contributed by atoms with Crippen LogP contribution in [0.1, 0.15) is 0 Å². The van der Waals surface area contributed by atoms with Crippen LogP contribution in [-0.4, -0.2) is 15.4 Å². The van der Waals surface area contributed by atoms with Crippen LogP contribution in [-0.2, 0) is 0 Å². The van der Waals surface area contributed by atoms with Crippen molar-refractivity contribution in [1.29, 1.82) is 0 Å². The van der Waals surface area contributed by atoms with Gasteiger partial charge in [0, 0.05) is 17.3 Å². The lowest BCUT2D eigenvalue weighted by atomic mass is 10.0. The molecule has 5 heteroatoms. The van der Waals surface area contributed by atoms with Crippen molar-refractivity contribution in [2.45, 2.75) is 0 Å². The number of halogens is 1. The number of fused-ring (bicyclic) bond motifs is 1. The molecule has 0 unspecified atom stereocenters. The van der Waals surface area contributed by atoms with Crippen LogP contribution in [0.2, 0.25) is 0 Å². The molecule has 4 rings (SSSR count). The van der Waals surface area contributed by atoms with E-state index in [9.17, 15) is 4.39 Å². The van der Waals surface area contributed by atoms with Crippen LogP contribution in [0.3, 0.4) is 0 Å². The lowest BCUT2D eigenvalue weighted by Gasteiger charge is -1.99. The van der Waals surface area contributed by atoms with Gasteiger partial charge in [0.25, 0.3) is 0 Å². The van der Waals surface area contributed by atoms with E-state index in [0.29, 0.717) is 5.76 Å². The minimum absolute atomic E-state index is 0.277. The van der Waals surface area contributed by atoms with Crippen molar-refractivity contribution in [3.8, 4) is 22.6 Å². The largest absolute Gasteiger partial charge is 0.355 e. The molecule has 4 nitrogen and oxygen atoms in total. The van der Waals surface area contributed by atoms with Gasteiger partial charge in [0.2, 0.25) is 0 Å². The maximum atomic E-state index is 13.0. The normalized spacial score (nSPS) is 11.1. The molecule has 0 atom stereocenters. The van der Waals surface area contributed by atoms with Gasteiger partial charge in [-0.3, -0.25) is 5.10 Å². The van der Waals surface area contributed by atoms with Crippen molar-refractivity contribution in [2.24, 2.45) is 0 Å². The highest BCUT2D eigenvalue weighted by Crippen LogP contribution is 2.31. The number of hydrogen-bond acceptors (Lipinski definition) is 3. The van der Waals surface area contributed by atoms with E-state index in [2.05, 4.69) is 15.4 Å². The first-order chi connectivity index (χ1) is 10.3. The smallest absolute Gasteiger partial charge is 0.174 e. The number of aromatic nitrogens is 3. The summed E-state index contributed by atoms with van der Waals surface area (Å²) in [5.74, 6) is 0.354. The fourth-order valence-corrected chi connectivity index (χ4v) is 2.34. The Kier molecular flexibility index (Phi) is 2.57. The maximum absolute atomic E-state index is 13.0. The SMILES string of the molecule is Fc1ccc(-c2onc3ccc(-c4ccn[nH]4)cc23)cc1. The Bertz CT molecular complexity index is 895. The van der Waals surface area contributed by atoms with E-state index >= 15 is 0 Å². The van der Waals surface area contributed by atoms with Crippen molar-refractivity contribution >= 4 is 10.9 Å². The Hall–Kier alpha value is -2.95. The van der Waals surface area contributed by atoms with Gasteiger partial charge in [-0.15, -0.1) is 0 Å². The second kappa shape index (κ2) is 4.56. The van der Waals surface area contributed by atoms with Crippen LogP contribution in [0, 0.1) is 5.82 Å². The number of nitrogens with one attached hydrogen (secondary N) is 1. The number of aromatic amines is 1. The summed E-state index contributed by atoms with van der Waals surface area (Å²) in [6.07, 6.45) is 1.70. The quantitative estimate of drug-likeness (QED) is 0.603. The summed E-state index contributed by atoms with van der Waals surface area (Å²) in [5, 5.41) is 11.8. The molecule has 0 fully saturated rings. The molecule has 21 heavy (non-hydrogen) atoms. The predicted octanol–water partition coefficient (Wildman–Crippen LogP) is 4.02. The van der Waals surface area contributed by atoms with E-state index in [0.717, 1.165) is 27.7 Å². The van der Waals surface area contributed by atoms with Gasteiger partial charge in [-0.2, -0.15) is 5.10 Å². The third-order valence-electron chi connectivity index (χ3n) is 3.39. The third kappa shape index (κ3) is 1.99. The van der Waals surface area contributed by atoms with E-state index in [4.69, 9.17) is 4.52 Å². The second-order valence-electron chi connectivity index (χ2n) is 4.72. The Labute approximate surface area is 119 Å². The molecule has 0 saturated heterocycles. The van der Waals surface area contributed by atoms with Gasteiger partial charge in [0.15, 0.2) is 5.76 Å². The first-order valence-corrected chi connectivity index (χ1v) is 6.46. The van der Waals surface area contributed by atoms with Crippen molar-refractivity contribution in [3.05, 3.63) is 60.5 Å². The summed E-state index contributed by atoms with van der Waals surface area (Å²) >= 11 is 0. The molecule has 4 aromatic rings. The minimum Gasteiger partial charge on any atom is -0.355 e. The van der Waals surface area contributed by atoms with Crippen LogP contribution >= 0.6 is 0 Å². The first kappa shape index (κ1) is 11.8. The molecule has 0 aliphatic heterocycles. The minimum atomic E-state index is -0.277. The summed E-state index contributed by atoms with van der Waals surface area (Å²) in [7, 11) is 0. The average molecular weight is 279 g/mol. The van der Waals surface area contributed by atoms with Crippen molar-refractivity contribution in [3.63, 3.8) is 0 Å². The number of H-pyrrole nitrogens is 1. The zero-order valence-corrected chi connectivity index (χ0v) is 10.9. The third-order valence-corrected chi connectivity index (χ3v) is 3.39. The molecule has 0 aliphatic carbocycles. The van der Waals surface area contributed by atoms with Crippen LogP contribution in [0.5, 0.6) is 0 Å². The summed E-state index contributed by atoms with van der Waals surface area (Å²) < 4.78 is 18.4. The Balaban J connectivity index is 1.90. The van der Waals surface area contributed by atoms with E-state index < -0.39 is 0 Å². The molecule has 2 aromatic carbocycles. The van der Waals surface area contributed by atoms with E-state index in [-0.39, 0.29) is 5.82 Å². The fraction of sp³-hybridized carbons (Fsp3) is 0. The monoisotopic (exact) mass is 279 g/mol. The summed E-state index contributed by atoms with van der Waals surface area (Å²) in [6.45, 7) is 0. The molecular formula is C16H10FN3O. The number of nitrogens with zero attached hydrogens (tertiary/aromatic N) is 2. The number of hydrogen-bond donors (Lipinski definition) is 1. The fourth-order valence-electron chi connectivity index (χ4n) is 2.34. The summed E-state index contributed by atoms with van der Waals surface area (Å²) in [4.78, 5) is 0. The van der Waals surface area contributed by atoms with Gasteiger partial charge in [-0.05, 0) is 42.5 Å². The molecule has 2 heterocycles. The number of benzene rings is 2. The maximum Gasteiger partial charge on any atom is 0.174 e. The average Bonchev–Trinajstić information content (AvgIpc) is 3.17. The van der Waals surface area contributed by atoms with Crippen LogP contribution in [0.4, 0.5) is 4.39 Å². The van der Waals surface area contributed by atoms with Gasteiger partial charge in [-0.25, -0.2) is 4.39 Å². The van der Waals surface area contributed by atoms with Crippen molar-refractivity contribution in [2.75, 3.05) is 0 Å². The van der Waals surface area contributed by atoms with E-state index in [1.54, 1.807) is 18.3 Å². The molecule has 0 bridgehead atoms. The van der Waals surface area contributed by atoms with E-state index in [1.165, 1.54) is 12.1 Å². The zero-order chi connectivity index (χ0) is 14.2. The molecule has 0 spiro atoms. The van der Waals surface area contributed by atoms with Gasteiger partial charge in [0.05, 0.1) is 11.1 Å². The predicted molar refractivity (Wildman–Crippen MR) is 77.0 cm³/mol. The Morgan fingerprint density at radius 3 is 2.52 bits per heavy atom. The number of rotatable bonds is 2. The summed E-state index contributed by atoms with van der Waals surface area (Å²) in [6, 6.07) is 13.9. The molecule has 0 saturated carbocycles. The molecule has 2 aromatic heterocycles. The highest BCUT2D eigenvalue weighted by Gasteiger charge is 2.12. The van der Waals surface area contributed by atoms with Crippen molar-refractivity contribution in [1.82, 2.24) is 15.4 Å². The lowest BCUT2D eigenvalue weighted by molar-refractivity contribution is 0.441. The zero-order valence-electron chi connectivity index (χ0n) is 10.9. The topological polar surface area (TPSA) is 54.7 Å². The molecule has 0 aliphatic rings. The lowest BCUT2D eigenvalue weighted by Crippen LogP contribution is -1.80. The van der Waals surface area contributed by atoms with Crippen LogP contribution < -0.4 is 0 Å². The van der Waals surface area contributed by atoms with Crippen LogP contribution in [0.15, 0.2) is 59.3 Å². The Morgan fingerprint density at radius 2 is 1.76 bits per heavy atom. The van der Waals surface area contributed by atoms with Gasteiger partial charge in [-0.1, -0.05) is 11.2 Å². The van der Waals surface area contributed by atoms with Crippen molar-refractivity contribution < 1.29 is 8.91 Å². The van der Waals surface area contributed by atoms with Gasteiger partial charge < -0.3 is 4.52 Å². The van der Waals surface area contributed by atoms with E-state index in [1.807, 2.05) is 24.3 Å². The highest BCUT2D eigenvalue weighted by atomic mass is 19.1.